The van der Waals surface area contributed by atoms with Crippen LogP contribution in [0.1, 0.15) is 16.8 Å². The summed E-state index contributed by atoms with van der Waals surface area (Å²) >= 11 is 5.94. The summed E-state index contributed by atoms with van der Waals surface area (Å²) in [5.41, 5.74) is 5.02. The highest BCUT2D eigenvalue weighted by Gasteiger charge is 2.10. The van der Waals surface area contributed by atoms with E-state index in [1.807, 2.05) is 26.0 Å². The molecule has 0 bridgehead atoms. The predicted octanol–water partition coefficient (Wildman–Crippen LogP) is 4.70. The van der Waals surface area contributed by atoms with Gasteiger partial charge in [0.25, 0.3) is 5.56 Å². The topological polar surface area (TPSA) is 83.6 Å². The Hall–Kier alpha value is -3.25. The fraction of sp³-hybridized carbons (Fsp3) is 0.143. The van der Waals surface area contributed by atoms with Gasteiger partial charge in [-0.05, 0) is 44.5 Å². The lowest BCUT2D eigenvalue weighted by atomic mass is 10.1. The summed E-state index contributed by atoms with van der Waals surface area (Å²) in [6.45, 7) is 6.01. The molecule has 0 radical (unpaired) electrons. The van der Waals surface area contributed by atoms with Gasteiger partial charge >= 0.3 is 0 Å². The summed E-state index contributed by atoms with van der Waals surface area (Å²) < 4.78 is 0. The van der Waals surface area contributed by atoms with Crippen molar-refractivity contribution < 1.29 is 0 Å². The Morgan fingerprint density at radius 2 is 1.71 bits per heavy atom. The van der Waals surface area contributed by atoms with Crippen LogP contribution in [-0.4, -0.2) is 19.9 Å². The van der Waals surface area contributed by atoms with Crippen molar-refractivity contribution >= 4 is 34.4 Å². The Morgan fingerprint density at radius 3 is 2.46 bits per heavy atom. The minimum atomic E-state index is -0.272. The third-order valence-electron chi connectivity index (χ3n) is 4.44. The van der Waals surface area contributed by atoms with Gasteiger partial charge in [-0.15, -0.1) is 0 Å². The number of aromatic nitrogens is 4. The maximum Gasteiger partial charge on any atom is 0.252 e. The maximum atomic E-state index is 12.1. The molecule has 0 unspecified atom stereocenters. The zero-order valence-electron chi connectivity index (χ0n) is 15.7. The van der Waals surface area contributed by atoms with Gasteiger partial charge in [0.1, 0.15) is 0 Å². The molecule has 6 nitrogen and oxygen atoms in total. The van der Waals surface area contributed by atoms with Crippen LogP contribution in [0.2, 0.25) is 5.02 Å². The van der Waals surface area contributed by atoms with E-state index in [2.05, 4.69) is 44.3 Å². The van der Waals surface area contributed by atoms with Gasteiger partial charge in [-0.1, -0.05) is 35.4 Å². The second kappa shape index (κ2) is 7.05. The van der Waals surface area contributed by atoms with E-state index < -0.39 is 0 Å². The van der Waals surface area contributed by atoms with E-state index in [0.29, 0.717) is 16.7 Å². The van der Waals surface area contributed by atoms with Crippen molar-refractivity contribution in [3.8, 4) is 11.3 Å². The first-order chi connectivity index (χ1) is 13.4. The first-order valence-electron chi connectivity index (χ1n) is 8.79. The molecule has 2 N–H and O–H groups in total. The number of aromatic amines is 1. The predicted molar refractivity (Wildman–Crippen MR) is 112 cm³/mol. The number of nitrogens with zero attached hydrogens (tertiary/aromatic N) is 3. The molecule has 0 fully saturated rings. The fourth-order valence-corrected chi connectivity index (χ4v) is 3.31. The number of anilines is 2. The molecule has 2 aromatic carbocycles. The molecule has 4 aromatic rings. The van der Waals surface area contributed by atoms with Gasteiger partial charge in [0.15, 0.2) is 0 Å². The lowest BCUT2D eigenvalue weighted by Gasteiger charge is -2.10. The Morgan fingerprint density at radius 1 is 0.964 bits per heavy atom. The molecule has 0 saturated carbocycles. The molecule has 0 aliphatic carbocycles. The number of fused-ring (bicyclic) bond motifs is 1. The highest BCUT2D eigenvalue weighted by atomic mass is 35.5. The van der Waals surface area contributed by atoms with Gasteiger partial charge in [0, 0.05) is 22.0 Å². The van der Waals surface area contributed by atoms with Crippen molar-refractivity contribution in [3.05, 3.63) is 74.7 Å². The first kappa shape index (κ1) is 18.1. The largest absolute Gasteiger partial charge is 0.294 e. The Balaban J connectivity index is 1.75. The number of benzene rings is 2. The van der Waals surface area contributed by atoms with Crippen molar-refractivity contribution in [3.63, 3.8) is 0 Å². The molecule has 4 rings (SSSR count). The van der Waals surface area contributed by atoms with Crippen molar-refractivity contribution in [2.24, 2.45) is 0 Å². The summed E-state index contributed by atoms with van der Waals surface area (Å²) in [5.74, 6) is 0.661. The van der Waals surface area contributed by atoms with Crippen molar-refractivity contribution in [2.45, 2.75) is 20.8 Å². The van der Waals surface area contributed by atoms with E-state index in [1.54, 1.807) is 12.1 Å². The molecule has 0 aliphatic rings. The maximum absolute atomic E-state index is 12.1. The fourth-order valence-electron chi connectivity index (χ4n) is 3.18. The second-order valence-corrected chi connectivity index (χ2v) is 7.16. The molecule has 2 aromatic heterocycles. The molecule has 0 saturated heterocycles. The number of rotatable bonds is 3. The summed E-state index contributed by atoms with van der Waals surface area (Å²) in [6, 6.07) is 12.7. The third kappa shape index (κ3) is 3.59. The molecule has 7 heteroatoms. The molecular formula is C21H18ClN5O. The third-order valence-corrected chi connectivity index (χ3v) is 4.69. The van der Waals surface area contributed by atoms with Crippen molar-refractivity contribution in [1.29, 1.82) is 0 Å². The van der Waals surface area contributed by atoms with E-state index >= 15 is 0 Å². The monoisotopic (exact) mass is 391 g/mol. The van der Waals surface area contributed by atoms with Crippen LogP contribution >= 0.6 is 11.6 Å². The molecule has 140 valence electrons. The summed E-state index contributed by atoms with van der Waals surface area (Å²) in [5, 5.41) is 4.66. The number of hydrogen-bond donors (Lipinski definition) is 2. The second-order valence-electron chi connectivity index (χ2n) is 6.72. The van der Waals surface area contributed by atoms with Crippen LogP contribution < -0.4 is 10.9 Å². The zero-order chi connectivity index (χ0) is 19.8. The van der Waals surface area contributed by atoms with Crippen molar-refractivity contribution in [2.75, 3.05) is 5.32 Å². The van der Waals surface area contributed by atoms with E-state index in [9.17, 15) is 4.79 Å². The van der Waals surface area contributed by atoms with Crippen LogP contribution in [0.5, 0.6) is 0 Å². The van der Waals surface area contributed by atoms with E-state index in [-0.39, 0.29) is 11.5 Å². The molecular weight excluding hydrogens is 374 g/mol. The standard InChI is InChI=1S/C21H18ClN5O/c1-11-8-12(2)19-16(9-11)13(3)23-20(26-19)27-21-24-17(10-18(28)25-21)14-4-6-15(22)7-5-14/h4-10H,1-3H3,(H2,23,24,25,26,27,28). The van der Waals surface area contributed by atoms with Gasteiger partial charge < -0.3 is 0 Å². The van der Waals surface area contributed by atoms with Crippen LogP contribution in [-0.2, 0) is 0 Å². The van der Waals surface area contributed by atoms with E-state index in [0.717, 1.165) is 27.7 Å². The molecule has 0 aliphatic heterocycles. The van der Waals surface area contributed by atoms with Crippen LogP contribution in [0.25, 0.3) is 22.2 Å². The van der Waals surface area contributed by atoms with Crippen LogP contribution in [0, 0.1) is 20.8 Å². The van der Waals surface area contributed by atoms with Gasteiger partial charge in [-0.2, -0.15) is 0 Å². The molecule has 28 heavy (non-hydrogen) atoms. The SMILES string of the molecule is Cc1cc(C)c2nc(Nc3nc(-c4ccc(Cl)cc4)cc(=O)[nH]3)nc(C)c2c1. The van der Waals surface area contributed by atoms with Gasteiger partial charge in [-0.25, -0.2) is 15.0 Å². The lowest BCUT2D eigenvalue weighted by Crippen LogP contribution is -2.12. The highest BCUT2D eigenvalue weighted by Crippen LogP contribution is 2.24. The Labute approximate surface area is 166 Å². The Bertz CT molecular complexity index is 1250. The summed E-state index contributed by atoms with van der Waals surface area (Å²) in [4.78, 5) is 28.4. The first-order valence-corrected chi connectivity index (χ1v) is 9.17. The molecule has 0 spiro atoms. The number of hydrogen-bond acceptors (Lipinski definition) is 5. The number of H-pyrrole nitrogens is 1. The average molecular weight is 392 g/mol. The average Bonchev–Trinajstić information content (AvgIpc) is 2.63. The minimum absolute atomic E-state index is 0.272. The smallest absolute Gasteiger partial charge is 0.252 e. The van der Waals surface area contributed by atoms with Gasteiger partial charge in [-0.3, -0.25) is 15.1 Å². The molecule has 0 amide bonds. The lowest BCUT2D eigenvalue weighted by molar-refractivity contribution is 1.08. The van der Waals surface area contributed by atoms with Crippen LogP contribution in [0.3, 0.4) is 0 Å². The number of nitrogens with one attached hydrogen (secondary N) is 2. The number of halogens is 1. The summed E-state index contributed by atoms with van der Waals surface area (Å²) in [7, 11) is 0. The quantitative estimate of drug-likeness (QED) is 0.528. The zero-order valence-corrected chi connectivity index (χ0v) is 16.4. The van der Waals surface area contributed by atoms with Crippen molar-refractivity contribution in [1.82, 2.24) is 19.9 Å². The molecule has 0 atom stereocenters. The highest BCUT2D eigenvalue weighted by molar-refractivity contribution is 6.30. The van der Waals surface area contributed by atoms with E-state index in [1.165, 1.54) is 11.6 Å². The normalized spacial score (nSPS) is 11.0. The van der Waals surface area contributed by atoms with Crippen LogP contribution in [0.15, 0.2) is 47.3 Å². The molecule has 2 heterocycles. The minimum Gasteiger partial charge on any atom is -0.294 e. The van der Waals surface area contributed by atoms with E-state index in [4.69, 9.17) is 11.6 Å². The van der Waals surface area contributed by atoms with Crippen LogP contribution in [0.4, 0.5) is 11.9 Å². The number of aryl methyl sites for hydroxylation is 3. The summed E-state index contributed by atoms with van der Waals surface area (Å²) in [6.07, 6.45) is 0. The Kier molecular flexibility index (Phi) is 4.57. The van der Waals surface area contributed by atoms with Gasteiger partial charge in [0.05, 0.1) is 16.9 Å². The van der Waals surface area contributed by atoms with Gasteiger partial charge in [0.2, 0.25) is 11.9 Å².